The van der Waals surface area contributed by atoms with E-state index in [4.69, 9.17) is 4.74 Å². The van der Waals surface area contributed by atoms with Gasteiger partial charge in [0, 0.05) is 12.4 Å². The van der Waals surface area contributed by atoms with E-state index in [1.165, 1.54) is 7.11 Å². The van der Waals surface area contributed by atoms with Crippen LogP contribution in [0.4, 0.5) is 0 Å². The quantitative estimate of drug-likeness (QED) is 0.810. The molecule has 1 heterocycles. The highest BCUT2D eigenvalue weighted by molar-refractivity contribution is 9.10. The molecule has 0 fully saturated rings. The van der Waals surface area contributed by atoms with Crippen LogP contribution in [-0.2, 0) is 16.0 Å². The van der Waals surface area contributed by atoms with Crippen molar-refractivity contribution in [3.05, 3.63) is 46.7 Å². The summed E-state index contributed by atoms with van der Waals surface area (Å²) in [6.45, 7) is 0. The third-order valence-electron chi connectivity index (χ3n) is 2.31. The Kier molecular flexibility index (Phi) is 4.46. The summed E-state index contributed by atoms with van der Waals surface area (Å²) in [5, 5.41) is 0. The number of nitrogens with zero attached hydrogens (tertiary/aromatic N) is 2. The summed E-state index contributed by atoms with van der Waals surface area (Å²) < 4.78 is 10.8. The molecule has 0 saturated heterocycles. The molecule has 2 aromatic rings. The molecule has 0 amide bonds. The summed E-state index contributed by atoms with van der Waals surface area (Å²) in [5.41, 5.74) is 0.857. The predicted octanol–water partition coefficient (Wildman–Crippen LogP) is 2.75. The van der Waals surface area contributed by atoms with Crippen molar-refractivity contribution in [2.75, 3.05) is 7.11 Å². The Hall–Kier alpha value is -1.95. The number of methoxy groups -OCH3 is 1. The van der Waals surface area contributed by atoms with Gasteiger partial charge >= 0.3 is 12.0 Å². The van der Waals surface area contributed by atoms with Crippen LogP contribution in [0.2, 0.25) is 0 Å². The van der Waals surface area contributed by atoms with Crippen LogP contribution in [0.3, 0.4) is 0 Å². The minimum Gasteiger partial charge on any atom is -0.469 e. The number of halogens is 1. The minimum atomic E-state index is -0.273. The highest BCUT2D eigenvalue weighted by Gasteiger charge is 2.04. The summed E-state index contributed by atoms with van der Waals surface area (Å²) in [5.74, 6) is 0.334. The first-order valence-electron chi connectivity index (χ1n) is 5.48. The molecule has 2 rings (SSSR count). The van der Waals surface area contributed by atoms with Crippen molar-refractivity contribution in [1.29, 1.82) is 0 Å². The second-order valence-corrected chi connectivity index (χ2v) is 4.60. The standard InChI is InChI=1S/C13H11BrN2O3/c1-18-12(17)6-9-2-4-11(5-3-9)19-13-15-7-10(14)8-16-13/h2-5,7-8H,6H2,1H3. The summed E-state index contributed by atoms with van der Waals surface area (Å²) in [6, 6.07) is 7.37. The van der Waals surface area contributed by atoms with E-state index >= 15 is 0 Å². The molecule has 0 N–H and O–H groups in total. The fraction of sp³-hybridized carbons (Fsp3) is 0.154. The number of carbonyl (C=O) groups is 1. The molecule has 5 nitrogen and oxygen atoms in total. The number of rotatable bonds is 4. The molecule has 1 aromatic heterocycles. The Morgan fingerprint density at radius 3 is 2.42 bits per heavy atom. The SMILES string of the molecule is COC(=O)Cc1ccc(Oc2ncc(Br)cn2)cc1. The van der Waals surface area contributed by atoms with Gasteiger partial charge in [0.2, 0.25) is 0 Å². The van der Waals surface area contributed by atoms with Crippen LogP contribution < -0.4 is 4.74 Å². The van der Waals surface area contributed by atoms with Crippen LogP contribution in [0.15, 0.2) is 41.1 Å². The monoisotopic (exact) mass is 322 g/mol. The Labute approximate surface area is 118 Å². The number of esters is 1. The van der Waals surface area contributed by atoms with Crippen molar-refractivity contribution >= 4 is 21.9 Å². The van der Waals surface area contributed by atoms with Gasteiger partial charge in [0.15, 0.2) is 0 Å². The minimum absolute atomic E-state index is 0.242. The molecule has 19 heavy (non-hydrogen) atoms. The number of hydrogen-bond acceptors (Lipinski definition) is 5. The fourth-order valence-corrected chi connectivity index (χ4v) is 1.58. The van der Waals surface area contributed by atoms with E-state index in [9.17, 15) is 4.79 Å². The molecule has 0 spiro atoms. The summed E-state index contributed by atoms with van der Waals surface area (Å²) in [4.78, 5) is 19.1. The van der Waals surface area contributed by atoms with Crippen LogP contribution in [-0.4, -0.2) is 23.0 Å². The van der Waals surface area contributed by atoms with E-state index in [2.05, 4.69) is 30.6 Å². The van der Waals surface area contributed by atoms with Gasteiger partial charge in [0.05, 0.1) is 18.0 Å². The van der Waals surface area contributed by atoms with Crippen LogP contribution in [0.5, 0.6) is 11.8 Å². The van der Waals surface area contributed by atoms with Crippen molar-refractivity contribution in [1.82, 2.24) is 9.97 Å². The molecule has 1 aromatic carbocycles. The Balaban J connectivity index is 2.02. The van der Waals surface area contributed by atoms with Gasteiger partial charge in [0.25, 0.3) is 0 Å². The van der Waals surface area contributed by atoms with E-state index < -0.39 is 0 Å². The molecule has 6 heteroatoms. The lowest BCUT2D eigenvalue weighted by Crippen LogP contribution is -2.04. The van der Waals surface area contributed by atoms with Crippen LogP contribution in [0.25, 0.3) is 0 Å². The van der Waals surface area contributed by atoms with Crippen molar-refractivity contribution in [2.24, 2.45) is 0 Å². The molecular formula is C13H11BrN2O3. The predicted molar refractivity (Wildman–Crippen MR) is 72.0 cm³/mol. The molecule has 0 atom stereocenters. The van der Waals surface area contributed by atoms with Gasteiger partial charge in [0.1, 0.15) is 5.75 Å². The largest absolute Gasteiger partial charge is 0.469 e. The van der Waals surface area contributed by atoms with Gasteiger partial charge in [-0.2, -0.15) is 0 Å². The number of carbonyl (C=O) groups excluding carboxylic acids is 1. The first-order chi connectivity index (χ1) is 9.17. The van der Waals surface area contributed by atoms with Crippen LogP contribution >= 0.6 is 15.9 Å². The lowest BCUT2D eigenvalue weighted by atomic mass is 10.1. The normalized spacial score (nSPS) is 10.0. The highest BCUT2D eigenvalue weighted by atomic mass is 79.9. The molecule has 0 aliphatic heterocycles. The van der Waals surface area contributed by atoms with Crippen molar-refractivity contribution in [3.8, 4) is 11.8 Å². The van der Waals surface area contributed by atoms with E-state index in [0.717, 1.165) is 10.0 Å². The highest BCUT2D eigenvalue weighted by Crippen LogP contribution is 2.19. The van der Waals surface area contributed by atoms with Gasteiger partial charge < -0.3 is 9.47 Å². The molecule has 0 aliphatic carbocycles. The average Bonchev–Trinajstić information content (AvgIpc) is 2.43. The number of ether oxygens (including phenoxy) is 2. The molecule has 98 valence electrons. The Morgan fingerprint density at radius 2 is 1.84 bits per heavy atom. The van der Waals surface area contributed by atoms with Crippen LogP contribution in [0.1, 0.15) is 5.56 Å². The van der Waals surface area contributed by atoms with E-state index in [1.54, 1.807) is 36.7 Å². The molecular weight excluding hydrogens is 312 g/mol. The maximum Gasteiger partial charge on any atom is 0.321 e. The molecule has 0 aliphatic rings. The van der Waals surface area contributed by atoms with Gasteiger partial charge in [-0.3, -0.25) is 4.79 Å². The van der Waals surface area contributed by atoms with Crippen molar-refractivity contribution in [3.63, 3.8) is 0 Å². The first-order valence-corrected chi connectivity index (χ1v) is 6.28. The summed E-state index contributed by atoms with van der Waals surface area (Å²) >= 11 is 3.25. The zero-order valence-electron chi connectivity index (χ0n) is 10.2. The Morgan fingerprint density at radius 1 is 1.21 bits per heavy atom. The van der Waals surface area contributed by atoms with Crippen LogP contribution in [0, 0.1) is 0 Å². The molecule has 0 radical (unpaired) electrons. The average molecular weight is 323 g/mol. The van der Waals surface area contributed by atoms with E-state index in [-0.39, 0.29) is 18.4 Å². The van der Waals surface area contributed by atoms with Gasteiger partial charge in [-0.25, -0.2) is 9.97 Å². The zero-order valence-corrected chi connectivity index (χ0v) is 11.8. The number of hydrogen-bond donors (Lipinski definition) is 0. The third-order valence-corrected chi connectivity index (χ3v) is 2.71. The lowest BCUT2D eigenvalue weighted by molar-refractivity contribution is -0.139. The molecule has 0 unspecified atom stereocenters. The van der Waals surface area contributed by atoms with E-state index in [0.29, 0.717) is 5.75 Å². The molecule has 0 bridgehead atoms. The number of benzene rings is 1. The maximum atomic E-state index is 11.1. The lowest BCUT2D eigenvalue weighted by Gasteiger charge is -2.04. The summed E-state index contributed by atoms with van der Waals surface area (Å²) in [6.07, 6.45) is 3.45. The third kappa shape index (κ3) is 4.03. The maximum absolute atomic E-state index is 11.1. The first kappa shape index (κ1) is 13.5. The van der Waals surface area contributed by atoms with Gasteiger partial charge in [-0.05, 0) is 33.6 Å². The fourth-order valence-electron chi connectivity index (χ4n) is 1.37. The number of aromatic nitrogens is 2. The van der Waals surface area contributed by atoms with Gasteiger partial charge in [-0.1, -0.05) is 12.1 Å². The van der Waals surface area contributed by atoms with Crippen molar-refractivity contribution in [2.45, 2.75) is 6.42 Å². The molecule has 0 saturated carbocycles. The topological polar surface area (TPSA) is 61.3 Å². The zero-order chi connectivity index (χ0) is 13.7. The summed E-state index contributed by atoms with van der Waals surface area (Å²) in [7, 11) is 1.37. The smallest absolute Gasteiger partial charge is 0.321 e. The Bertz CT molecular complexity index is 555. The van der Waals surface area contributed by atoms with Crippen molar-refractivity contribution < 1.29 is 14.3 Å². The second kappa shape index (κ2) is 6.29. The second-order valence-electron chi connectivity index (χ2n) is 3.68. The van der Waals surface area contributed by atoms with Gasteiger partial charge in [-0.15, -0.1) is 0 Å². The van der Waals surface area contributed by atoms with E-state index in [1.807, 2.05) is 0 Å².